The third-order valence-corrected chi connectivity index (χ3v) is 6.22. The third kappa shape index (κ3) is 5.37. The lowest BCUT2D eigenvalue weighted by atomic mass is 9.95. The highest BCUT2D eigenvalue weighted by atomic mass is 19.2. The predicted octanol–water partition coefficient (Wildman–Crippen LogP) is 8.86. The van der Waals surface area contributed by atoms with Crippen LogP contribution in [-0.4, -0.2) is 0 Å². The Morgan fingerprint density at radius 1 is 0.571 bits per heavy atom. The Labute approximate surface area is 200 Å². The van der Waals surface area contributed by atoms with Crippen LogP contribution in [0.5, 0.6) is 0 Å². The molecule has 182 valence electrons. The zero-order valence-electron chi connectivity index (χ0n) is 19.2. The van der Waals surface area contributed by atoms with Crippen LogP contribution in [0.15, 0.2) is 54.6 Å². The molecule has 0 N–H and O–H groups in total. The van der Waals surface area contributed by atoms with E-state index in [1.807, 2.05) is 0 Å². The van der Waals surface area contributed by atoms with Crippen LogP contribution < -0.4 is 0 Å². The van der Waals surface area contributed by atoms with Gasteiger partial charge in [-0.25, -0.2) is 26.3 Å². The second-order valence-electron chi connectivity index (χ2n) is 8.74. The summed E-state index contributed by atoms with van der Waals surface area (Å²) in [6, 6.07) is 12.1. The molecule has 0 saturated carbocycles. The Kier molecular flexibility index (Phi) is 7.48. The summed E-state index contributed by atoms with van der Waals surface area (Å²) in [5.74, 6) is -5.97. The SMILES string of the molecule is CCCCCc1cc(F)c(-c2ccc3c(F)c(CCc4cc(F)c(F)c(F)c4)ccc3c2)c(F)c1. The monoisotopic (exact) mass is 486 g/mol. The van der Waals surface area contributed by atoms with Gasteiger partial charge in [-0.2, -0.15) is 0 Å². The fraction of sp³-hybridized carbons (Fsp3) is 0.241. The number of hydrogen-bond donors (Lipinski definition) is 0. The van der Waals surface area contributed by atoms with Gasteiger partial charge in [0.25, 0.3) is 0 Å². The molecule has 0 nitrogen and oxygen atoms in total. The van der Waals surface area contributed by atoms with Gasteiger partial charge in [0.2, 0.25) is 0 Å². The summed E-state index contributed by atoms with van der Waals surface area (Å²) in [5.41, 5.74) is 1.27. The molecule has 35 heavy (non-hydrogen) atoms. The summed E-state index contributed by atoms with van der Waals surface area (Å²) in [7, 11) is 0. The maximum Gasteiger partial charge on any atom is 0.194 e. The van der Waals surface area contributed by atoms with E-state index in [-0.39, 0.29) is 29.4 Å². The summed E-state index contributed by atoms with van der Waals surface area (Å²) >= 11 is 0. The number of benzene rings is 4. The van der Waals surface area contributed by atoms with E-state index in [0.717, 1.165) is 31.4 Å². The van der Waals surface area contributed by atoms with Crippen molar-refractivity contribution in [3.8, 4) is 11.1 Å². The van der Waals surface area contributed by atoms with Gasteiger partial charge >= 0.3 is 0 Å². The number of aryl methyl sites for hydroxylation is 3. The first-order chi connectivity index (χ1) is 16.8. The normalized spacial score (nSPS) is 11.4. The molecule has 6 heteroatoms. The summed E-state index contributed by atoms with van der Waals surface area (Å²) in [6.45, 7) is 2.06. The van der Waals surface area contributed by atoms with Crippen molar-refractivity contribution in [2.24, 2.45) is 0 Å². The highest BCUT2D eigenvalue weighted by molar-refractivity contribution is 5.88. The Bertz CT molecular complexity index is 1330. The van der Waals surface area contributed by atoms with Gasteiger partial charge in [-0.1, -0.05) is 44.0 Å². The molecule has 4 rings (SSSR count). The van der Waals surface area contributed by atoms with Gasteiger partial charge in [0, 0.05) is 5.39 Å². The van der Waals surface area contributed by atoms with E-state index < -0.39 is 34.9 Å². The fourth-order valence-corrected chi connectivity index (χ4v) is 4.34. The summed E-state index contributed by atoms with van der Waals surface area (Å²) < 4.78 is 84.8. The van der Waals surface area contributed by atoms with Gasteiger partial charge in [0.15, 0.2) is 17.5 Å². The molecule has 0 aromatic heterocycles. The molecule has 0 atom stereocenters. The van der Waals surface area contributed by atoms with Gasteiger partial charge in [-0.05, 0) is 83.7 Å². The molecule has 0 unspecified atom stereocenters. The lowest BCUT2D eigenvalue weighted by molar-refractivity contribution is 0.445. The first-order valence-corrected chi connectivity index (χ1v) is 11.6. The van der Waals surface area contributed by atoms with Gasteiger partial charge < -0.3 is 0 Å². The van der Waals surface area contributed by atoms with Crippen molar-refractivity contribution in [3.63, 3.8) is 0 Å². The minimum absolute atomic E-state index is 0.107. The van der Waals surface area contributed by atoms with E-state index in [1.54, 1.807) is 6.07 Å². The molecule has 0 radical (unpaired) electrons. The molecule has 4 aromatic rings. The molecule has 0 amide bonds. The van der Waals surface area contributed by atoms with Crippen LogP contribution in [0.4, 0.5) is 26.3 Å². The first kappa shape index (κ1) is 24.8. The van der Waals surface area contributed by atoms with E-state index >= 15 is 4.39 Å². The van der Waals surface area contributed by atoms with Crippen molar-refractivity contribution in [3.05, 3.63) is 106 Å². The molecule has 0 aliphatic carbocycles. The second-order valence-corrected chi connectivity index (χ2v) is 8.74. The average Bonchev–Trinajstić information content (AvgIpc) is 2.82. The Hall–Kier alpha value is -3.28. The average molecular weight is 486 g/mol. The van der Waals surface area contributed by atoms with Crippen molar-refractivity contribution < 1.29 is 26.3 Å². The number of halogens is 6. The maximum atomic E-state index is 15.1. The quantitative estimate of drug-likeness (QED) is 0.133. The zero-order chi connectivity index (χ0) is 25.1. The Morgan fingerprint density at radius 3 is 1.86 bits per heavy atom. The third-order valence-electron chi connectivity index (χ3n) is 6.22. The van der Waals surface area contributed by atoms with Gasteiger partial charge in [0.05, 0.1) is 5.56 Å². The summed E-state index contributed by atoms with van der Waals surface area (Å²) in [4.78, 5) is 0. The van der Waals surface area contributed by atoms with Crippen LogP contribution in [0.3, 0.4) is 0 Å². The molecule has 0 spiro atoms. The minimum Gasteiger partial charge on any atom is -0.206 e. The lowest BCUT2D eigenvalue weighted by Crippen LogP contribution is -1.99. The second kappa shape index (κ2) is 10.5. The van der Waals surface area contributed by atoms with E-state index in [9.17, 15) is 22.0 Å². The minimum atomic E-state index is -1.54. The van der Waals surface area contributed by atoms with Gasteiger partial charge in [-0.3, -0.25) is 0 Å². The van der Waals surface area contributed by atoms with Crippen molar-refractivity contribution in [1.29, 1.82) is 0 Å². The zero-order valence-corrected chi connectivity index (χ0v) is 19.2. The molecular formula is C29H24F6. The number of fused-ring (bicyclic) bond motifs is 1. The summed E-state index contributed by atoms with van der Waals surface area (Å²) in [6.07, 6.45) is 3.71. The van der Waals surface area contributed by atoms with E-state index in [2.05, 4.69) is 6.92 Å². The van der Waals surface area contributed by atoms with Crippen LogP contribution in [-0.2, 0) is 19.3 Å². The predicted molar refractivity (Wildman–Crippen MR) is 126 cm³/mol. The fourth-order valence-electron chi connectivity index (χ4n) is 4.34. The number of unbranched alkanes of at least 4 members (excludes halogenated alkanes) is 2. The highest BCUT2D eigenvalue weighted by Crippen LogP contribution is 2.32. The van der Waals surface area contributed by atoms with Crippen LogP contribution in [0.2, 0.25) is 0 Å². The Balaban J connectivity index is 1.59. The maximum absolute atomic E-state index is 15.1. The summed E-state index contributed by atoms with van der Waals surface area (Å²) in [5, 5.41) is 0.730. The van der Waals surface area contributed by atoms with Crippen molar-refractivity contribution in [2.75, 3.05) is 0 Å². The van der Waals surface area contributed by atoms with Crippen LogP contribution in [0, 0.1) is 34.9 Å². The molecule has 0 fully saturated rings. The van der Waals surface area contributed by atoms with Crippen LogP contribution >= 0.6 is 0 Å². The van der Waals surface area contributed by atoms with Crippen molar-refractivity contribution in [2.45, 2.75) is 45.4 Å². The van der Waals surface area contributed by atoms with Crippen LogP contribution in [0.1, 0.15) is 42.9 Å². The molecule has 0 aliphatic rings. The standard InChI is InChI=1S/C29H24F6/c1-2-3-4-5-17-12-23(30)27(24(31)13-17)21-10-11-22-20(16-21)9-8-19(28(22)34)7-6-18-14-25(32)29(35)26(33)15-18/h8-16H,2-7H2,1H3. The molecule has 0 saturated heterocycles. The highest BCUT2D eigenvalue weighted by Gasteiger charge is 2.16. The molecule has 0 aliphatic heterocycles. The number of hydrogen-bond acceptors (Lipinski definition) is 0. The lowest BCUT2D eigenvalue weighted by Gasteiger charge is -2.11. The van der Waals surface area contributed by atoms with Gasteiger partial charge in [-0.15, -0.1) is 0 Å². The first-order valence-electron chi connectivity index (χ1n) is 11.6. The largest absolute Gasteiger partial charge is 0.206 e. The van der Waals surface area contributed by atoms with Crippen molar-refractivity contribution in [1.82, 2.24) is 0 Å². The topological polar surface area (TPSA) is 0 Å². The smallest absolute Gasteiger partial charge is 0.194 e. The van der Waals surface area contributed by atoms with E-state index in [0.29, 0.717) is 28.5 Å². The van der Waals surface area contributed by atoms with E-state index in [1.165, 1.54) is 36.4 Å². The molecule has 4 aromatic carbocycles. The molecular weight excluding hydrogens is 462 g/mol. The number of rotatable bonds is 8. The molecule has 0 bridgehead atoms. The van der Waals surface area contributed by atoms with Crippen molar-refractivity contribution >= 4 is 10.8 Å². The Morgan fingerprint density at radius 2 is 1.20 bits per heavy atom. The van der Waals surface area contributed by atoms with E-state index in [4.69, 9.17) is 0 Å². The molecule has 0 heterocycles. The van der Waals surface area contributed by atoms with Crippen LogP contribution in [0.25, 0.3) is 21.9 Å². The van der Waals surface area contributed by atoms with Gasteiger partial charge in [0.1, 0.15) is 17.5 Å².